The fraction of sp³-hybridized carbons (Fsp3) is 0.667. The Labute approximate surface area is 170 Å². The summed E-state index contributed by atoms with van der Waals surface area (Å²) in [5.41, 5.74) is 1.84. The first-order valence-electron chi connectivity index (χ1n) is 10.4. The Morgan fingerprint density at radius 2 is 1.79 bits per heavy atom. The Balaban J connectivity index is 1.51. The van der Waals surface area contributed by atoms with Crippen molar-refractivity contribution in [1.29, 1.82) is 0 Å². The minimum absolute atomic E-state index is 0.0182. The number of nitrogens with one attached hydrogen (secondary N) is 2. The van der Waals surface area contributed by atoms with E-state index in [1.807, 2.05) is 0 Å². The highest BCUT2D eigenvalue weighted by molar-refractivity contribution is 7.17. The third-order valence-corrected chi connectivity index (χ3v) is 7.37. The minimum Gasteiger partial charge on any atom is -0.349 e. The summed E-state index contributed by atoms with van der Waals surface area (Å²) >= 11 is 1.58. The van der Waals surface area contributed by atoms with Crippen LogP contribution >= 0.6 is 11.3 Å². The summed E-state index contributed by atoms with van der Waals surface area (Å²) in [5.74, 6) is 0.530. The van der Waals surface area contributed by atoms with Gasteiger partial charge in [0.25, 0.3) is 5.91 Å². The number of nitrogens with zero attached hydrogens (tertiary/aromatic N) is 1. The third-order valence-electron chi connectivity index (χ3n) is 6.20. The predicted molar refractivity (Wildman–Crippen MR) is 110 cm³/mol. The molecule has 1 atom stereocenters. The Kier molecular flexibility index (Phi) is 5.45. The molecule has 4 rings (SSSR count). The van der Waals surface area contributed by atoms with Gasteiger partial charge in [0.05, 0.1) is 5.56 Å². The minimum atomic E-state index is -0.104. The van der Waals surface area contributed by atoms with Crippen LogP contribution in [-0.4, -0.2) is 41.8 Å². The summed E-state index contributed by atoms with van der Waals surface area (Å²) in [5, 5.41) is 6.91. The molecule has 2 aliphatic carbocycles. The highest BCUT2D eigenvalue weighted by Crippen LogP contribution is 2.40. The zero-order valence-corrected chi connectivity index (χ0v) is 17.5. The number of piperidine rings is 1. The molecule has 1 saturated heterocycles. The Bertz CT molecular complexity index is 791. The second-order valence-corrected chi connectivity index (χ2v) is 9.68. The SMILES string of the molecule is CC(=O)N1CCC(C(=O)Nc2sc3c(c2C(=O)NC2CC2)CC[C@H](C)C3)CC1. The number of amides is 3. The van der Waals surface area contributed by atoms with Gasteiger partial charge in [-0.25, -0.2) is 0 Å². The lowest BCUT2D eigenvalue weighted by Gasteiger charge is -2.30. The van der Waals surface area contributed by atoms with Crippen LogP contribution in [0.1, 0.15) is 66.8 Å². The predicted octanol–water partition coefficient (Wildman–Crippen LogP) is 2.96. The Morgan fingerprint density at radius 1 is 1.07 bits per heavy atom. The van der Waals surface area contributed by atoms with Crippen molar-refractivity contribution in [3.8, 4) is 0 Å². The van der Waals surface area contributed by atoms with Gasteiger partial charge < -0.3 is 15.5 Å². The topological polar surface area (TPSA) is 78.5 Å². The number of hydrogen-bond acceptors (Lipinski definition) is 4. The molecule has 0 radical (unpaired) electrons. The van der Waals surface area contributed by atoms with Crippen LogP contribution in [0.4, 0.5) is 5.00 Å². The van der Waals surface area contributed by atoms with Crippen LogP contribution in [0.5, 0.6) is 0 Å². The number of hydrogen-bond donors (Lipinski definition) is 2. The van der Waals surface area contributed by atoms with Crippen LogP contribution < -0.4 is 10.6 Å². The lowest BCUT2D eigenvalue weighted by molar-refractivity contribution is -0.132. The summed E-state index contributed by atoms with van der Waals surface area (Å²) in [7, 11) is 0. The first kappa shape index (κ1) is 19.4. The van der Waals surface area contributed by atoms with E-state index < -0.39 is 0 Å². The molecular weight excluding hydrogens is 374 g/mol. The number of fused-ring (bicyclic) bond motifs is 1. The van der Waals surface area contributed by atoms with Crippen LogP contribution in [0.2, 0.25) is 0 Å². The molecule has 2 N–H and O–H groups in total. The molecule has 0 bridgehead atoms. The summed E-state index contributed by atoms with van der Waals surface area (Å²) in [6.45, 7) is 5.07. The van der Waals surface area contributed by atoms with Crippen molar-refractivity contribution in [2.75, 3.05) is 18.4 Å². The summed E-state index contributed by atoms with van der Waals surface area (Å²) in [6, 6.07) is 0.296. The Hall–Kier alpha value is -1.89. The number of carbonyl (C=O) groups excluding carboxylic acids is 3. The fourth-order valence-corrected chi connectivity index (χ4v) is 5.65. The van der Waals surface area contributed by atoms with E-state index in [-0.39, 0.29) is 23.6 Å². The molecule has 28 heavy (non-hydrogen) atoms. The Morgan fingerprint density at radius 3 is 2.43 bits per heavy atom. The van der Waals surface area contributed by atoms with Crippen molar-refractivity contribution in [3.63, 3.8) is 0 Å². The average Bonchev–Trinajstić information content (AvgIpc) is 3.40. The second kappa shape index (κ2) is 7.85. The highest BCUT2D eigenvalue weighted by Gasteiger charge is 2.33. The van der Waals surface area contributed by atoms with Crippen LogP contribution in [0.25, 0.3) is 0 Å². The molecule has 1 aromatic heterocycles. The van der Waals surface area contributed by atoms with Crippen molar-refractivity contribution < 1.29 is 14.4 Å². The van der Waals surface area contributed by atoms with Crippen molar-refractivity contribution in [1.82, 2.24) is 10.2 Å². The van der Waals surface area contributed by atoms with E-state index in [1.54, 1.807) is 23.2 Å². The smallest absolute Gasteiger partial charge is 0.254 e. The third kappa shape index (κ3) is 4.09. The van der Waals surface area contributed by atoms with Crippen LogP contribution in [0.3, 0.4) is 0 Å². The molecule has 0 spiro atoms. The lowest BCUT2D eigenvalue weighted by Crippen LogP contribution is -2.40. The highest BCUT2D eigenvalue weighted by atomic mass is 32.1. The zero-order chi connectivity index (χ0) is 19.8. The molecule has 1 aliphatic heterocycles. The van der Waals surface area contributed by atoms with E-state index in [4.69, 9.17) is 0 Å². The van der Waals surface area contributed by atoms with Crippen molar-refractivity contribution in [2.24, 2.45) is 11.8 Å². The van der Waals surface area contributed by atoms with Crippen molar-refractivity contribution in [2.45, 2.75) is 64.8 Å². The zero-order valence-electron chi connectivity index (χ0n) is 16.7. The normalized spacial score (nSPS) is 22.5. The van der Waals surface area contributed by atoms with Gasteiger partial charge in [-0.1, -0.05) is 6.92 Å². The standard InChI is InChI=1S/C21H29N3O3S/c1-12-3-6-16-17(11-12)28-21(18(16)20(27)22-15-4-5-15)23-19(26)14-7-9-24(10-8-14)13(2)25/h12,14-15H,3-11H2,1-2H3,(H,22,27)(H,23,26)/t12-/m0/s1. The largest absolute Gasteiger partial charge is 0.349 e. The van der Waals surface area contributed by atoms with Gasteiger partial charge in [-0.15, -0.1) is 11.3 Å². The number of thiophene rings is 1. The van der Waals surface area contributed by atoms with Gasteiger partial charge in [-0.2, -0.15) is 0 Å². The molecule has 3 aliphatic rings. The lowest BCUT2D eigenvalue weighted by atomic mass is 9.88. The molecule has 2 heterocycles. The molecule has 6 nitrogen and oxygen atoms in total. The molecule has 152 valence electrons. The number of anilines is 1. The second-order valence-electron chi connectivity index (χ2n) is 8.57. The first-order chi connectivity index (χ1) is 13.4. The molecule has 7 heteroatoms. The fourth-order valence-electron chi connectivity index (χ4n) is 4.23. The van der Waals surface area contributed by atoms with Gasteiger partial charge in [0.2, 0.25) is 11.8 Å². The molecule has 2 fully saturated rings. The van der Waals surface area contributed by atoms with Crippen LogP contribution in [-0.2, 0) is 22.4 Å². The van der Waals surface area contributed by atoms with E-state index in [2.05, 4.69) is 17.6 Å². The van der Waals surface area contributed by atoms with Gasteiger partial charge in [-0.3, -0.25) is 14.4 Å². The first-order valence-corrected chi connectivity index (χ1v) is 11.3. The molecule has 1 aromatic rings. The molecule has 3 amide bonds. The molecule has 1 saturated carbocycles. The molecule has 0 aromatic carbocycles. The number of rotatable bonds is 4. The maximum absolute atomic E-state index is 12.9. The average molecular weight is 404 g/mol. The summed E-state index contributed by atoms with van der Waals surface area (Å²) < 4.78 is 0. The van der Waals surface area contributed by atoms with E-state index in [0.29, 0.717) is 43.5 Å². The number of likely N-dealkylation sites (tertiary alicyclic amines) is 1. The summed E-state index contributed by atoms with van der Waals surface area (Å²) in [4.78, 5) is 40.3. The summed E-state index contributed by atoms with van der Waals surface area (Å²) in [6.07, 6.45) is 6.43. The quantitative estimate of drug-likeness (QED) is 0.811. The molecule has 0 unspecified atom stereocenters. The van der Waals surface area contributed by atoms with Gasteiger partial charge >= 0.3 is 0 Å². The van der Waals surface area contributed by atoms with E-state index in [9.17, 15) is 14.4 Å². The van der Waals surface area contributed by atoms with Crippen LogP contribution in [0.15, 0.2) is 0 Å². The van der Waals surface area contributed by atoms with E-state index >= 15 is 0 Å². The van der Waals surface area contributed by atoms with E-state index in [0.717, 1.165) is 42.7 Å². The number of carbonyl (C=O) groups is 3. The van der Waals surface area contributed by atoms with Crippen molar-refractivity contribution >= 4 is 34.1 Å². The van der Waals surface area contributed by atoms with Gasteiger partial charge in [0, 0.05) is 36.9 Å². The molecular formula is C21H29N3O3S. The van der Waals surface area contributed by atoms with E-state index in [1.165, 1.54) is 4.88 Å². The maximum atomic E-state index is 12.9. The monoisotopic (exact) mass is 403 g/mol. The van der Waals surface area contributed by atoms with Gasteiger partial charge in [0.15, 0.2) is 0 Å². The van der Waals surface area contributed by atoms with Gasteiger partial charge in [-0.05, 0) is 56.4 Å². The van der Waals surface area contributed by atoms with Crippen LogP contribution in [0, 0.1) is 11.8 Å². The van der Waals surface area contributed by atoms with Gasteiger partial charge in [0.1, 0.15) is 5.00 Å². The maximum Gasteiger partial charge on any atom is 0.254 e. The van der Waals surface area contributed by atoms with Crippen molar-refractivity contribution in [3.05, 3.63) is 16.0 Å².